The molecule has 1 aliphatic carbocycles. The third-order valence-corrected chi connectivity index (χ3v) is 3.88. The Morgan fingerprint density at radius 3 is 2.73 bits per heavy atom. The predicted molar refractivity (Wildman–Crippen MR) is 82.1 cm³/mol. The van der Waals surface area contributed by atoms with E-state index in [4.69, 9.17) is 14.6 Å². The van der Waals surface area contributed by atoms with E-state index in [9.17, 15) is 4.79 Å². The Morgan fingerprint density at radius 2 is 1.95 bits per heavy atom. The van der Waals surface area contributed by atoms with E-state index in [1.165, 1.54) is 5.56 Å². The largest absolute Gasteiger partial charge is 0.506 e. The number of ether oxygens (including phenoxy) is 2. The molecule has 1 unspecified atom stereocenters. The summed E-state index contributed by atoms with van der Waals surface area (Å²) in [5.41, 5.74) is 3.50. The smallest absolute Gasteiger partial charge is 0.489 e. The standard InChI is InChI=1S/C18H18O4/c19-18(20)22-17-9-7-14-10-16(8-6-15(14)11-17)21-12-13-4-2-1-3-5-13/h1-6,8,10,17H,7,9,11-12H2,(H,19,20). The molecule has 0 saturated carbocycles. The van der Waals surface area contributed by atoms with Gasteiger partial charge in [0.1, 0.15) is 18.5 Å². The zero-order valence-electron chi connectivity index (χ0n) is 12.2. The lowest BCUT2D eigenvalue weighted by Gasteiger charge is -2.24. The number of carboxylic acid groups (broad SMARTS) is 1. The van der Waals surface area contributed by atoms with Crippen molar-refractivity contribution in [3.8, 4) is 5.75 Å². The molecule has 0 heterocycles. The van der Waals surface area contributed by atoms with Crippen molar-refractivity contribution in [3.63, 3.8) is 0 Å². The molecular formula is C18H18O4. The first-order valence-corrected chi connectivity index (χ1v) is 7.39. The highest BCUT2D eigenvalue weighted by Crippen LogP contribution is 2.27. The van der Waals surface area contributed by atoms with Crippen LogP contribution < -0.4 is 4.74 Å². The average molecular weight is 298 g/mol. The molecule has 0 aromatic heterocycles. The number of hydrogen-bond acceptors (Lipinski definition) is 3. The number of benzene rings is 2. The van der Waals surface area contributed by atoms with Gasteiger partial charge in [0, 0.05) is 6.42 Å². The Kier molecular flexibility index (Phi) is 4.28. The highest BCUT2D eigenvalue weighted by molar-refractivity contribution is 5.57. The number of fused-ring (bicyclic) bond motifs is 1. The van der Waals surface area contributed by atoms with Crippen molar-refractivity contribution in [2.45, 2.75) is 32.0 Å². The third-order valence-electron chi connectivity index (χ3n) is 3.88. The van der Waals surface area contributed by atoms with Crippen molar-refractivity contribution >= 4 is 6.16 Å². The van der Waals surface area contributed by atoms with Crippen LogP contribution in [0, 0.1) is 0 Å². The molecule has 1 aliphatic rings. The summed E-state index contributed by atoms with van der Waals surface area (Å²) in [6.07, 6.45) is 0.745. The second-order valence-electron chi connectivity index (χ2n) is 5.45. The average Bonchev–Trinajstić information content (AvgIpc) is 2.53. The Labute approximate surface area is 129 Å². The molecule has 1 N–H and O–H groups in total. The van der Waals surface area contributed by atoms with E-state index >= 15 is 0 Å². The number of aryl methyl sites for hydroxylation is 1. The first-order valence-electron chi connectivity index (χ1n) is 7.39. The van der Waals surface area contributed by atoms with Crippen LogP contribution in [0.2, 0.25) is 0 Å². The van der Waals surface area contributed by atoms with Gasteiger partial charge in [-0.1, -0.05) is 36.4 Å². The van der Waals surface area contributed by atoms with Gasteiger partial charge in [-0.2, -0.15) is 0 Å². The maximum absolute atomic E-state index is 10.6. The highest BCUT2D eigenvalue weighted by Gasteiger charge is 2.22. The van der Waals surface area contributed by atoms with Gasteiger partial charge in [-0.25, -0.2) is 4.79 Å². The summed E-state index contributed by atoms with van der Waals surface area (Å²) in [6, 6.07) is 16.0. The van der Waals surface area contributed by atoms with Gasteiger partial charge in [-0.05, 0) is 41.7 Å². The van der Waals surface area contributed by atoms with Crippen molar-refractivity contribution in [3.05, 3.63) is 65.2 Å². The van der Waals surface area contributed by atoms with Crippen molar-refractivity contribution < 1.29 is 19.4 Å². The van der Waals surface area contributed by atoms with Crippen LogP contribution in [0.3, 0.4) is 0 Å². The molecule has 2 aromatic carbocycles. The van der Waals surface area contributed by atoms with Gasteiger partial charge in [-0.3, -0.25) is 0 Å². The summed E-state index contributed by atoms with van der Waals surface area (Å²) in [7, 11) is 0. The summed E-state index contributed by atoms with van der Waals surface area (Å²) in [5.74, 6) is 0.847. The van der Waals surface area contributed by atoms with E-state index < -0.39 is 6.16 Å². The summed E-state index contributed by atoms with van der Waals surface area (Å²) in [4.78, 5) is 10.6. The van der Waals surface area contributed by atoms with Crippen LogP contribution in [-0.2, 0) is 24.2 Å². The highest BCUT2D eigenvalue weighted by atomic mass is 16.7. The molecule has 3 rings (SSSR count). The van der Waals surface area contributed by atoms with Gasteiger partial charge < -0.3 is 14.6 Å². The summed E-state index contributed by atoms with van der Waals surface area (Å²) in [6.45, 7) is 0.546. The van der Waals surface area contributed by atoms with Gasteiger partial charge in [-0.15, -0.1) is 0 Å². The summed E-state index contributed by atoms with van der Waals surface area (Å²) < 4.78 is 10.7. The molecule has 4 heteroatoms. The molecule has 0 amide bonds. The second kappa shape index (κ2) is 6.52. The van der Waals surface area contributed by atoms with E-state index in [-0.39, 0.29) is 6.10 Å². The normalized spacial score (nSPS) is 16.6. The van der Waals surface area contributed by atoms with Crippen LogP contribution in [0.15, 0.2) is 48.5 Å². The minimum Gasteiger partial charge on any atom is -0.489 e. The fourth-order valence-electron chi connectivity index (χ4n) is 2.77. The summed E-state index contributed by atoms with van der Waals surface area (Å²) in [5, 5.41) is 8.69. The minimum atomic E-state index is -1.20. The first kappa shape index (κ1) is 14.4. The maximum atomic E-state index is 10.6. The minimum absolute atomic E-state index is 0.235. The molecule has 4 nitrogen and oxygen atoms in total. The van der Waals surface area contributed by atoms with E-state index in [0.717, 1.165) is 29.7 Å². The molecule has 0 radical (unpaired) electrons. The molecule has 0 bridgehead atoms. The van der Waals surface area contributed by atoms with E-state index in [1.807, 2.05) is 42.5 Å². The van der Waals surface area contributed by atoms with E-state index in [1.54, 1.807) is 0 Å². The van der Waals surface area contributed by atoms with Crippen molar-refractivity contribution in [1.29, 1.82) is 0 Å². The van der Waals surface area contributed by atoms with Crippen LogP contribution >= 0.6 is 0 Å². The lowest BCUT2D eigenvalue weighted by Crippen LogP contribution is -2.24. The molecular weight excluding hydrogens is 280 g/mol. The topological polar surface area (TPSA) is 55.8 Å². The van der Waals surface area contributed by atoms with Gasteiger partial charge in [0.15, 0.2) is 0 Å². The second-order valence-corrected chi connectivity index (χ2v) is 5.45. The molecule has 0 saturated heterocycles. The Balaban J connectivity index is 1.64. The molecule has 0 spiro atoms. The number of rotatable bonds is 4. The van der Waals surface area contributed by atoms with Crippen LogP contribution in [0.5, 0.6) is 5.75 Å². The third kappa shape index (κ3) is 3.58. The Hall–Kier alpha value is -2.49. The molecule has 0 aliphatic heterocycles. The summed E-state index contributed by atoms with van der Waals surface area (Å²) >= 11 is 0. The van der Waals surface area contributed by atoms with Gasteiger partial charge in [0.25, 0.3) is 0 Å². The zero-order chi connectivity index (χ0) is 15.4. The van der Waals surface area contributed by atoms with Crippen molar-refractivity contribution in [1.82, 2.24) is 0 Å². The van der Waals surface area contributed by atoms with Gasteiger partial charge in [0.05, 0.1) is 0 Å². The molecule has 114 valence electrons. The SMILES string of the molecule is O=C(O)OC1CCc2cc(OCc3ccccc3)ccc2C1. The van der Waals surface area contributed by atoms with E-state index in [2.05, 4.69) is 6.07 Å². The van der Waals surface area contributed by atoms with E-state index in [0.29, 0.717) is 13.0 Å². The van der Waals surface area contributed by atoms with Crippen molar-refractivity contribution in [2.24, 2.45) is 0 Å². The van der Waals surface area contributed by atoms with Gasteiger partial charge >= 0.3 is 6.16 Å². The zero-order valence-corrected chi connectivity index (χ0v) is 12.2. The number of hydrogen-bond donors (Lipinski definition) is 1. The van der Waals surface area contributed by atoms with Gasteiger partial charge in [0.2, 0.25) is 0 Å². The Morgan fingerprint density at radius 1 is 1.14 bits per heavy atom. The first-order chi connectivity index (χ1) is 10.7. The molecule has 22 heavy (non-hydrogen) atoms. The fourth-order valence-corrected chi connectivity index (χ4v) is 2.77. The monoisotopic (exact) mass is 298 g/mol. The molecule has 0 fully saturated rings. The number of carbonyl (C=O) groups is 1. The maximum Gasteiger partial charge on any atom is 0.506 e. The quantitative estimate of drug-likeness (QED) is 0.872. The fraction of sp³-hybridized carbons (Fsp3) is 0.278. The molecule has 1 atom stereocenters. The lowest BCUT2D eigenvalue weighted by molar-refractivity contribution is 0.0461. The van der Waals surface area contributed by atoms with Crippen LogP contribution in [0.25, 0.3) is 0 Å². The Bertz CT molecular complexity index is 651. The van der Waals surface area contributed by atoms with Crippen LogP contribution in [-0.4, -0.2) is 17.4 Å². The lowest BCUT2D eigenvalue weighted by atomic mass is 9.89. The van der Waals surface area contributed by atoms with Crippen LogP contribution in [0.4, 0.5) is 4.79 Å². The molecule has 2 aromatic rings. The van der Waals surface area contributed by atoms with Crippen LogP contribution in [0.1, 0.15) is 23.1 Å². The predicted octanol–water partition coefficient (Wildman–Crippen LogP) is 3.82. The van der Waals surface area contributed by atoms with Crippen molar-refractivity contribution in [2.75, 3.05) is 0 Å².